The van der Waals surface area contributed by atoms with Crippen molar-refractivity contribution in [1.29, 1.82) is 0 Å². The van der Waals surface area contributed by atoms with Gasteiger partial charge >= 0.3 is 0 Å². The van der Waals surface area contributed by atoms with Gasteiger partial charge in [-0.15, -0.1) is 4.83 Å². The van der Waals surface area contributed by atoms with Crippen molar-refractivity contribution in [3.63, 3.8) is 0 Å². The number of sulfonamides is 1. The summed E-state index contributed by atoms with van der Waals surface area (Å²) in [6, 6.07) is 6.74. The molecular formula is C17H16F2N4O3S. The number of aryl methyl sites for hydroxylation is 2. The molecule has 0 atom stereocenters. The standard InChI is InChI=1S/C17H16F2N4O3S/c1-3-23-10(2)20-14-8-11(4-7-15(14)23)17(24)21-22-27(25,26)16-9-12(18)5-6-13(16)19/h4-9,22H,3H2,1-2H3,(H,21,24). The number of hydrogen-bond donors (Lipinski definition) is 2. The van der Waals surface area contributed by atoms with Gasteiger partial charge in [0.05, 0.1) is 11.0 Å². The maximum absolute atomic E-state index is 13.7. The van der Waals surface area contributed by atoms with E-state index in [1.165, 1.54) is 12.1 Å². The van der Waals surface area contributed by atoms with Crippen molar-refractivity contribution in [2.24, 2.45) is 0 Å². The molecule has 7 nitrogen and oxygen atoms in total. The molecule has 0 saturated heterocycles. The van der Waals surface area contributed by atoms with Crippen LogP contribution in [0.4, 0.5) is 8.78 Å². The fourth-order valence-electron chi connectivity index (χ4n) is 2.71. The van der Waals surface area contributed by atoms with E-state index in [4.69, 9.17) is 0 Å². The molecule has 0 radical (unpaired) electrons. The van der Waals surface area contributed by atoms with E-state index in [9.17, 15) is 22.0 Å². The highest BCUT2D eigenvalue weighted by atomic mass is 32.2. The van der Waals surface area contributed by atoms with Gasteiger partial charge in [-0.3, -0.25) is 10.2 Å². The van der Waals surface area contributed by atoms with Crippen molar-refractivity contribution < 1.29 is 22.0 Å². The molecule has 1 aromatic heterocycles. The molecule has 0 aliphatic rings. The second-order valence-electron chi connectivity index (χ2n) is 5.74. The summed E-state index contributed by atoms with van der Waals surface area (Å²) < 4.78 is 53.0. The zero-order valence-electron chi connectivity index (χ0n) is 14.5. The first-order valence-electron chi connectivity index (χ1n) is 7.97. The van der Waals surface area contributed by atoms with E-state index >= 15 is 0 Å². The predicted octanol–water partition coefficient (Wildman–Crippen LogP) is 2.27. The Balaban J connectivity index is 1.81. The molecule has 0 bridgehead atoms. The number of fused-ring (bicyclic) bond motifs is 1. The molecule has 0 aliphatic carbocycles. The topological polar surface area (TPSA) is 93.1 Å². The fraction of sp³-hybridized carbons (Fsp3) is 0.176. The lowest BCUT2D eigenvalue weighted by molar-refractivity contribution is 0.0945. The quantitative estimate of drug-likeness (QED) is 0.650. The zero-order valence-corrected chi connectivity index (χ0v) is 15.3. The highest BCUT2D eigenvalue weighted by molar-refractivity contribution is 7.89. The molecular weight excluding hydrogens is 378 g/mol. The van der Waals surface area contributed by atoms with E-state index in [-0.39, 0.29) is 5.56 Å². The van der Waals surface area contributed by atoms with E-state index in [1.54, 1.807) is 10.9 Å². The Morgan fingerprint density at radius 1 is 1.19 bits per heavy atom. The van der Waals surface area contributed by atoms with Crippen LogP contribution in [-0.2, 0) is 16.6 Å². The number of rotatable bonds is 5. The van der Waals surface area contributed by atoms with Crippen LogP contribution in [0.1, 0.15) is 23.1 Å². The number of halogens is 2. The summed E-state index contributed by atoms with van der Waals surface area (Å²) in [7, 11) is -4.48. The summed E-state index contributed by atoms with van der Waals surface area (Å²) in [6.07, 6.45) is 0. The van der Waals surface area contributed by atoms with E-state index in [1.807, 2.05) is 23.8 Å². The van der Waals surface area contributed by atoms with Crippen LogP contribution in [0, 0.1) is 18.6 Å². The normalized spacial score (nSPS) is 11.7. The number of amides is 1. The van der Waals surface area contributed by atoms with Gasteiger partial charge in [0.25, 0.3) is 15.9 Å². The third kappa shape index (κ3) is 3.67. The van der Waals surface area contributed by atoms with Gasteiger partial charge in [0, 0.05) is 12.1 Å². The van der Waals surface area contributed by atoms with Crippen molar-refractivity contribution in [2.75, 3.05) is 0 Å². The average molecular weight is 394 g/mol. The molecule has 0 fully saturated rings. The Morgan fingerprint density at radius 3 is 2.63 bits per heavy atom. The maximum Gasteiger partial charge on any atom is 0.266 e. The number of hydrazine groups is 1. The molecule has 27 heavy (non-hydrogen) atoms. The van der Waals surface area contributed by atoms with E-state index in [0.29, 0.717) is 24.2 Å². The van der Waals surface area contributed by atoms with Crippen molar-refractivity contribution in [3.05, 3.63) is 59.4 Å². The molecule has 3 rings (SSSR count). The number of aromatic nitrogens is 2. The molecule has 0 unspecified atom stereocenters. The molecule has 0 aliphatic heterocycles. The number of hydrogen-bond acceptors (Lipinski definition) is 4. The van der Waals surface area contributed by atoms with Gasteiger partial charge in [-0.2, -0.15) is 0 Å². The van der Waals surface area contributed by atoms with E-state index < -0.39 is 32.5 Å². The van der Waals surface area contributed by atoms with Crippen LogP contribution in [0.25, 0.3) is 11.0 Å². The van der Waals surface area contributed by atoms with E-state index in [2.05, 4.69) is 4.98 Å². The van der Waals surface area contributed by atoms with Crippen LogP contribution >= 0.6 is 0 Å². The lowest BCUT2D eigenvalue weighted by Gasteiger charge is -2.09. The largest absolute Gasteiger partial charge is 0.329 e. The lowest BCUT2D eigenvalue weighted by atomic mass is 10.2. The van der Waals surface area contributed by atoms with Crippen molar-refractivity contribution in [2.45, 2.75) is 25.3 Å². The van der Waals surface area contributed by atoms with Crippen LogP contribution in [0.5, 0.6) is 0 Å². The summed E-state index contributed by atoms with van der Waals surface area (Å²) in [5.74, 6) is -2.04. The Morgan fingerprint density at radius 2 is 1.93 bits per heavy atom. The number of carbonyl (C=O) groups excluding carboxylic acids is 1. The molecule has 10 heteroatoms. The minimum Gasteiger partial charge on any atom is -0.329 e. The second kappa shape index (κ2) is 7.05. The first-order valence-corrected chi connectivity index (χ1v) is 9.45. The third-order valence-electron chi connectivity index (χ3n) is 4.00. The minimum absolute atomic E-state index is 0.158. The monoisotopic (exact) mass is 394 g/mol. The molecule has 1 amide bonds. The molecule has 0 spiro atoms. The minimum atomic E-state index is -4.48. The number of nitrogens with zero attached hydrogens (tertiary/aromatic N) is 2. The first-order chi connectivity index (χ1) is 12.7. The summed E-state index contributed by atoms with van der Waals surface area (Å²) >= 11 is 0. The third-order valence-corrected chi connectivity index (χ3v) is 5.26. The van der Waals surface area contributed by atoms with Crippen LogP contribution in [-0.4, -0.2) is 23.9 Å². The fourth-order valence-corrected chi connectivity index (χ4v) is 3.64. The lowest BCUT2D eigenvalue weighted by Crippen LogP contribution is -2.41. The zero-order chi connectivity index (χ0) is 19.8. The van der Waals surface area contributed by atoms with Gasteiger partial charge in [-0.05, 0) is 50.2 Å². The van der Waals surface area contributed by atoms with Gasteiger partial charge in [-0.1, -0.05) is 0 Å². The predicted molar refractivity (Wildman–Crippen MR) is 94.3 cm³/mol. The van der Waals surface area contributed by atoms with Crippen LogP contribution < -0.4 is 10.3 Å². The molecule has 142 valence electrons. The Hall–Kier alpha value is -2.85. The smallest absolute Gasteiger partial charge is 0.266 e. The summed E-state index contributed by atoms with van der Waals surface area (Å²) in [6.45, 7) is 4.52. The number of benzene rings is 2. The summed E-state index contributed by atoms with van der Waals surface area (Å²) in [5.41, 5.74) is 3.57. The van der Waals surface area contributed by atoms with Crippen molar-refractivity contribution in [1.82, 2.24) is 19.8 Å². The SMILES string of the molecule is CCn1c(C)nc2cc(C(=O)NNS(=O)(=O)c3cc(F)ccc3F)ccc21. The second-order valence-corrected chi connectivity index (χ2v) is 7.39. The van der Waals surface area contributed by atoms with Gasteiger partial charge in [0.2, 0.25) is 0 Å². The van der Waals surface area contributed by atoms with Gasteiger partial charge in [0.1, 0.15) is 22.4 Å². The summed E-state index contributed by atoms with van der Waals surface area (Å²) in [4.78, 5) is 17.4. The highest BCUT2D eigenvalue weighted by Crippen LogP contribution is 2.18. The molecule has 2 N–H and O–H groups in total. The van der Waals surface area contributed by atoms with Crippen LogP contribution in [0.2, 0.25) is 0 Å². The maximum atomic E-state index is 13.7. The van der Waals surface area contributed by atoms with Crippen LogP contribution in [0.3, 0.4) is 0 Å². The van der Waals surface area contributed by atoms with E-state index in [0.717, 1.165) is 17.4 Å². The molecule has 0 saturated carbocycles. The first kappa shape index (κ1) is 18.9. The van der Waals surface area contributed by atoms with Crippen molar-refractivity contribution in [3.8, 4) is 0 Å². The highest BCUT2D eigenvalue weighted by Gasteiger charge is 2.21. The molecule has 3 aromatic rings. The number of imidazole rings is 1. The summed E-state index contributed by atoms with van der Waals surface area (Å²) in [5, 5.41) is 0. The number of nitrogens with one attached hydrogen (secondary N) is 2. The average Bonchev–Trinajstić information content (AvgIpc) is 2.95. The Bertz CT molecular complexity index is 1140. The van der Waals surface area contributed by atoms with Gasteiger partial charge in [0.15, 0.2) is 0 Å². The Labute approximate surface area is 154 Å². The Kier molecular flexibility index (Phi) is 4.94. The molecule has 1 heterocycles. The molecule has 2 aromatic carbocycles. The number of carbonyl (C=O) groups is 1. The van der Waals surface area contributed by atoms with Crippen LogP contribution in [0.15, 0.2) is 41.3 Å². The van der Waals surface area contributed by atoms with Gasteiger partial charge < -0.3 is 4.57 Å². The van der Waals surface area contributed by atoms with Gasteiger partial charge in [-0.25, -0.2) is 22.2 Å². The van der Waals surface area contributed by atoms with Crippen molar-refractivity contribution >= 4 is 27.0 Å².